The molecule has 4 nitrogen and oxygen atoms in total. The predicted octanol–water partition coefficient (Wildman–Crippen LogP) is 3.74. The van der Waals surface area contributed by atoms with E-state index >= 15 is 0 Å². The minimum Gasteiger partial charge on any atom is -0.347 e. The highest BCUT2D eigenvalue weighted by Gasteiger charge is 2.28. The molecule has 1 atom stereocenters. The molecule has 21 heavy (non-hydrogen) atoms. The van der Waals surface area contributed by atoms with Crippen LogP contribution in [-0.4, -0.2) is 21.9 Å². The van der Waals surface area contributed by atoms with Gasteiger partial charge in [-0.25, -0.2) is 0 Å². The topological polar surface area (TPSA) is 54.9 Å². The fraction of sp³-hybridized carbons (Fsp3) is 0.500. The lowest BCUT2D eigenvalue weighted by molar-refractivity contribution is -0.119. The summed E-state index contributed by atoms with van der Waals surface area (Å²) >= 11 is 4.66. The maximum atomic E-state index is 12.2. The molecular weight excluding hydrogens is 322 g/mol. The summed E-state index contributed by atoms with van der Waals surface area (Å²) in [6, 6.07) is 4.37. The molecule has 7 heteroatoms. The highest BCUT2D eigenvalue weighted by Crippen LogP contribution is 2.37. The van der Waals surface area contributed by atoms with Crippen molar-refractivity contribution in [3.8, 4) is 0 Å². The SMILES string of the molecule is O=C(CSc1nncs1)N[C@H](c1cccs1)C1CCCC1. The first-order chi connectivity index (χ1) is 10.3. The molecule has 0 saturated heterocycles. The largest absolute Gasteiger partial charge is 0.347 e. The molecule has 2 aromatic rings. The van der Waals surface area contributed by atoms with Gasteiger partial charge in [0.15, 0.2) is 4.34 Å². The summed E-state index contributed by atoms with van der Waals surface area (Å²) in [5.74, 6) is 1.07. The lowest BCUT2D eigenvalue weighted by Gasteiger charge is -2.23. The van der Waals surface area contributed by atoms with Gasteiger partial charge in [-0.2, -0.15) is 0 Å². The molecule has 0 aliphatic heterocycles. The molecule has 112 valence electrons. The van der Waals surface area contributed by atoms with E-state index in [0.29, 0.717) is 11.7 Å². The van der Waals surface area contributed by atoms with Crippen molar-refractivity contribution in [1.82, 2.24) is 15.5 Å². The molecule has 2 heterocycles. The van der Waals surface area contributed by atoms with E-state index in [1.54, 1.807) is 16.8 Å². The van der Waals surface area contributed by atoms with Gasteiger partial charge in [-0.3, -0.25) is 4.79 Å². The lowest BCUT2D eigenvalue weighted by Crippen LogP contribution is -2.33. The predicted molar refractivity (Wildman–Crippen MR) is 87.8 cm³/mol. The zero-order valence-electron chi connectivity index (χ0n) is 11.5. The van der Waals surface area contributed by atoms with Crippen LogP contribution in [0.5, 0.6) is 0 Å². The van der Waals surface area contributed by atoms with Gasteiger partial charge in [0, 0.05) is 4.88 Å². The molecule has 1 aliphatic carbocycles. The number of thioether (sulfide) groups is 1. The Morgan fingerprint density at radius 2 is 2.29 bits per heavy atom. The molecule has 3 rings (SSSR count). The average molecular weight is 340 g/mol. The van der Waals surface area contributed by atoms with Crippen LogP contribution in [-0.2, 0) is 4.79 Å². The van der Waals surface area contributed by atoms with Crippen LogP contribution in [0.15, 0.2) is 27.4 Å². The van der Waals surface area contributed by atoms with Crippen molar-refractivity contribution in [2.45, 2.75) is 36.1 Å². The Bertz CT molecular complexity index is 550. The van der Waals surface area contributed by atoms with Crippen molar-refractivity contribution in [2.24, 2.45) is 5.92 Å². The third-order valence-electron chi connectivity index (χ3n) is 3.70. The van der Waals surface area contributed by atoms with Crippen LogP contribution in [0.2, 0.25) is 0 Å². The highest BCUT2D eigenvalue weighted by molar-refractivity contribution is 8.01. The Hall–Kier alpha value is -0.920. The van der Waals surface area contributed by atoms with Crippen LogP contribution < -0.4 is 5.32 Å². The van der Waals surface area contributed by atoms with Gasteiger partial charge in [-0.05, 0) is 30.2 Å². The molecule has 0 bridgehead atoms. The summed E-state index contributed by atoms with van der Waals surface area (Å²) < 4.78 is 0.846. The van der Waals surface area contributed by atoms with Crippen LogP contribution >= 0.6 is 34.4 Å². The number of carbonyl (C=O) groups excluding carboxylic acids is 1. The number of rotatable bonds is 6. The van der Waals surface area contributed by atoms with Gasteiger partial charge in [-0.15, -0.1) is 21.5 Å². The lowest BCUT2D eigenvalue weighted by atomic mass is 9.97. The van der Waals surface area contributed by atoms with Crippen molar-refractivity contribution in [1.29, 1.82) is 0 Å². The first kappa shape index (κ1) is 15.0. The first-order valence-electron chi connectivity index (χ1n) is 7.04. The van der Waals surface area contributed by atoms with Gasteiger partial charge < -0.3 is 5.32 Å². The van der Waals surface area contributed by atoms with E-state index in [1.165, 1.54) is 53.7 Å². The zero-order chi connectivity index (χ0) is 14.5. The molecule has 0 radical (unpaired) electrons. The van der Waals surface area contributed by atoms with Crippen molar-refractivity contribution < 1.29 is 4.79 Å². The van der Waals surface area contributed by atoms with Gasteiger partial charge in [0.25, 0.3) is 0 Å². The molecule has 1 amide bonds. The minimum absolute atomic E-state index is 0.0838. The maximum absolute atomic E-state index is 12.2. The van der Waals surface area contributed by atoms with Gasteiger partial charge in [0.2, 0.25) is 5.91 Å². The van der Waals surface area contributed by atoms with Crippen LogP contribution in [0, 0.1) is 5.92 Å². The Morgan fingerprint density at radius 3 is 2.95 bits per heavy atom. The summed E-state index contributed by atoms with van der Waals surface area (Å²) in [7, 11) is 0. The number of amides is 1. The third-order valence-corrected chi connectivity index (χ3v) is 6.52. The van der Waals surface area contributed by atoms with Crippen molar-refractivity contribution in [2.75, 3.05) is 5.75 Å². The smallest absolute Gasteiger partial charge is 0.230 e. The van der Waals surface area contributed by atoms with E-state index in [9.17, 15) is 4.79 Å². The van der Waals surface area contributed by atoms with E-state index in [1.807, 2.05) is 0 Å². The Kier molecular flexibility index (Phi) is 5.27. The minimum atomic E-state index is 0.0838. The normalized spacial score (nSPS) is 17.0. The molecule has 0 spiro atoms. The quantitative estimate of drug-likeness (QED) is 0.815. The maximum Gasteiger partial charge on any atom is 0.230 e. The van der Waals surface area contributed by atoms with E-state index < -0.39 is 0 Å². The molecule has 1 saturated carbocycles. The number of aromatic nitrogens is 2. The van der Waals surface area contributed by atoms with Crippen LogP contribution in [0.1, 0.15) is 36.6 Å². The number of hydrogen-bond donors (Lipinski definition) is 1. The van der Waals surface area contributed by atoms with E-state index in [-0.39, 0.29) is 11.9 Å². The summed E-state index contributed by atoms with van der Waals surface area (Å²) in [6.45, 7) is 0. The van der Waals surface area contributed by atoms with Gasteiger partial charge >= 0.3 is 0 Å². The molecule has 0 unspecified atom stereocenters. The molecular formula is C14H17N3OS3. The summed E-state index contributed by atoms with van der Waals surface area (Å²) in [6.07, 6.45) is 4.99. The second-order valence-corrected chi connectivity index (χ2v) is 8.13. The molecule has 0 aromatic carbocycles. The van der Waals surface area contributed by atoms with E-state index in [2.05, 4.69) is 33.0 Å². The number of nitrogens with one attached hydrogen (secondary N) is 1. The van der Waals surface area contributed by atoms with Gasteiger partial charge in [0.05, 0.1) is 11.8 Å². The van der Waals surface area contributed by atoms with Crippen LogP contribution in [0.4, 0.5) is 0 Å². The van der Waals surface area contributed by atoms with Crippen molar-refractivity contribution in [3.63, 3.8) is 0 Å². The van der Waals surface area contributed by atoms with E-state index in [0.717, 1.165) is 4.34 Å². The van der Waals surface area contributed by atoms with Gasteiger partial charge in [0.1, 0.15) is 5.51 Å². The molecule has 1 N–H and O–H groups in total. The second kappa shape index (κ2) is 7.38. The monoisotopic (exact) mass is 339 g/mol. The molecule has 2 aromatic heterocycles. The Labute approximate surface area is 136 Å². The van der Waals surface area contributed by atoms with Crippen LogP contribution in [0.25, 0.3) is 0 Å². The average Bonchev–Trinajstić information content (AvgIpc) is 3.26. The van der Waals surface area contributed by atoms with Gasteiger partial charge in [-0.1, -0.05) is 42.0 Å². The summed E-state index contributed by atoms with van der Waals surface area (Å²) in [4.78, 5) is 13.5. The van der Waals surface area contributed by atoms with Crippen molar-refractivity contribution in [3.05, 3.63) is 27.9 Å². The third kappa shape index (κ3) is 4.05. The van der Waals surface area contributed by atoms with Crippen molar-refractivity contribution >= 4 is 40.3 Å². The number of nitrogens with zero attached hydrogens (tertiary/aromatic N) is 2. The summed E-state index contributed by atoms with van der Waals surface area (Å²) in [5, 5.41) is 13.0. The Balaban J connectivity index is 1.59. The number of thiophene rings is 1. The number of hydrogen-bond acceptors (Lipinski definition) is 6. The second-order valence-electron chi connectivity index (χ2n) is 5.10. The summed E-state index contributed by atoms with van der Waals surface area (Å²) in [5.41, 5.74) is 1.69. The van der Waals surface area contributed by atoms with E-state index in [4.69, 9.17) is 0 Å². The Morgan fingerprint density at radius 1 is 1.43 bits per heavy atom. The fourth-order valence-electron chi connectivity index (χ4n) is 2.75. The molecule has 1 fully saturated rings. The molecule has 1 aliphatic rings. The fourth-order valence-corrected chi connectivity index (χ4v) is 4.92. The number of carbonyl (C=O) groups is 1. The van der Waals surface area contributed by atoms with Crippen LogP contribution in [0.3, 0.4) is 0 Å². The highest BCUT2D eigenvalue weighted by atomic mass is 32.2. The standard InChI is InChI=1S/C14H17N3OS3/c18-12(8-20-14-17-15-9-21-14)16-13(10-4-1-2-5-10)11-6-3-7-19-11/h3,6-7,9-10,13H,1-2,4-5,8H2,(H,16,18)/t13-/m0/s1. The first-order valence-corrected chi connectivity index (χ1v) is 9.79. The zero-order valence-corrected chi connectivity index (χ0v) is 14.0.